The van der Waals surface area contributed by atoms with Crippen molar-refractivity contribution in [2.24, 2.45) is 0 Å². The number of nitrogens with one attached hydrogen (secondary N) is 1. The highest BCUT2D eigenvalue weighted by molar-refractivity contribution is 6.38. The van der Waals surface area contributed by atoms with E-state index in [9.17, 15) is 14.7 Å². The zero-order valence-electron chi connectivity index (χ0n) is 8.63. The number of carbonyl (C=O) groups is 2. The summed E-state index contributed by atoms with van der Waals surface area (Å²) < 4.78 is 0. The van der Waals surface area contributed by atoms with Crippen LogP contribution in [0.1, 0.15) is 27.2 Å². The SMILES string of the molecule is CC.[B]C1(O)CC(=O)NC(=O)C1([B])C. The number of carbonyl (C=O) groups excluding carboxylic acids is 2. The minimum absolute atomic E-state index is 0.369. The third-order valence-electron chi connectivity index (χ3n) is 2.05. The molecule has 2 unspecified atom stereocenters. The highest BCUT2D eigenvalue weighted by Crippen LogP contribution is 2.38. The second kappa shape index (κ2) is 4.17. The molecule has 1 fully saturated rings. The van der Waals surface area contributed by atoms with E-state index in [1.165, 1.54) is 6.92 Å². The fourth-order valence-electron chi connectivity index (χ4n) is 0.926. The lowest BCUT2D eigenvalue weighted by atomic mass is 9.49. The maximum absolute atomic E-state index is 11.0. The van der Waals surface area contributed by atoms with Crippen LogP contribution in [0.3, 0.4) is 0 Å². The smallest absolute Gasteiger partial charge is 0.228 e. The summed E-state index contributed by atoms with van der Waals surface area (Å²) in [5.41, 5.74) is -1.97. The van der Waals surface area contributed by atoms with Gasteiger partial charge in [-0.25, -0.2) is 0 Å². The zero-order chi connectivity index (χ0) is 11.6. The lowest BCUT2D eigenvalue weighted by Crippen LogP contribution is -2.59. The van der Waals surface area contributed by atoms with Crippen molar-refractivity contribution in [3.63, 3.8) is 0 Å². The first-order valence-electron chi connectivity index (χ1n) is 4.42. The number of rotatable bonds is 0. The van der Waals surface area contributed by atoms with Gasteiger partial charge < -0.3 is 5.11 Å². The Hall–Kier alpha value is -0.770. The third kappa shape index (κ3) is 2.18. The first-order chi connectivity index (χ1) is 6.27. The summed E-state index contributed by atoms with van der Waals surface area (Å²) >= 11 is 0. The van der Waals surface area contributed by atoms with E-state index in [0.29, 0.717) is 0 Å². The van der Waals surface area contributed by atoms with E-state index in [4.69, 9.17) is 15.7 Å². The van der Waals surface area contributed by atoms with Gasteiger partial charge in [0.05, 0.1) is 7.85 Å². The Kier molecular flexibility index (Phi) is 3.94. The predicted octanol–water partition coefficient (Wildman–Crippen LogP) is -0.737. The van der Waals surface area contributed by atoms with Crippen LogP contribution in [0.4, 0.5) is 0 Å². The monoisotopic (exact) mass is 193 g/mol. The molecule has 2 N–H and O–H groups in total. The van der Waals surface area contributed by atoms with Gasteiger partial charge in [0.1, 0.15) is 7.85 Å². The van der Waals surface area contributed by atoms with E-state index in [-0.39, 0.29) is 6.42 Å². The third-order valence-corrected chi connectivity index (χ3v) is 2.05. The highest BCUT2D eigenvalue weighted by Gasteiger charge is 2.49. The normalized spacial score (nSPS) is 36.9. The molecule has 1 aliphatic heterocycles. The van der Waals surface area contributed by atoms with Gasteiger partial charge in [-0.2, -0.15) is 0 Å². The topological polar surface area (TPSA) is 66.4 Å². The van der Waals surface area contributed by atoms with E-state index in [0.717, 1.165) is 0 Å². The summed E-state index contributed by atoms with van der Waals surface area (Å²) in [7, 11) is 10.7. The van der Waals surface area contributed by atoms with Crippen molar-refractivity contribution >= 4 is 27.5 Å². The number of imide groups is 1. The molecular formula is C8H13B2NO3. The molecule has 4 radical (unpaired) electrons. The fraction of sp³-hybridized carbons (Fsp3) is 0.750. The largest absolute Gasteiger partial charge is 0.399 e. The van der Waals surface area contributed by atoms with Crippen LogP contribution in [-0.2, 0) is 9.59 Å². The van der Waals surface area contributed by atoms with Crippen LogP contribution in [0, 0.1) is 0 Å². The number of hydrogen-bond donors (Lipinski definition) is 2. The molecule has 74 valence electrons. The first-order valence-corrected chi connectivity index (χ1v) is 4.42. The zero-order valence-corrected chi connectivity index (χ0v) is 8.63. The molecule has 2 atom stereocenters. The van der Waals surface area contributed by atoms with Gasteiger partial charge in [0.2, 0.25) is 11.8 Å². The molecule has 0 aromatic rings. The Morgan fingerprint density at radius 2 is 1.79 bits per heavy atom. The van der Waals surface area contributed by atoms with Gasteiger partial charge in [0, 0.05) is 17.2 Å². The lowest BCUT2D eigenvalue weighted by molar-refractivity contribution is -0.142. The number of amides is 2. The fourth-order valence-corrected chi connectivity index (χ4v) is 0.926. The lowest BCUT2D eigenvalue weighted by Gasteiger charge is -2.42. The molecule has 2 amide bonds. The summed E-state index contributed by atoms with van der Waals surface area (Å²) in [6.07, 6.45) is -0.369. The number of hydrogen-bond acceptors (Lipinski definition) is 3. The summed E-state index contributed by atoms with van der Waals surface area (Å²) in [5, 5.41) is 9.77. The van der Waals surface area contributed by atoms with Gasteiger partial charge in [0.15, 0.2) is 0 Å². The van der Waals surface area contributed by atoms with Crippen molar-refractivity contribution in [1.29, 1.82) is 0 Å². The Bertz CT molecular complexity index is 251. The Balaban J connectivity index is 0.000000791. The molecule has 0 saturated carbocycles. The molecule has 1 saturated heterocycles. The summed E-state index contributed by atoms with van der Waals surface area (Å²) in [6.45, 7) is 5.27. The van der Waals surface area contributed by atoms with Crippen LogP contribution in [0.2, 0.25) is 5.31 Å². The van der Waals surface area contributed by atoms with E-state index < -0.39 is 22.6 Å². The average molecular weight is 193 g/mol. The van der Waals surface area contributed by atoms with E-state index >= 15 is 0 Å². The Labute approximate surface area is 86.3 Å². The Morgan fingerprint density at radius 1 is 1.36 bits per heavy atom. The van der Waals surface area contributed by atoms with Gasteiger partial charge in [0.25, 0.3) is 0 Å². The van der Waals surface area contributed by atoms with Crippen LogP contribution in [0.5, 0.6) is 0 Å². The Morgan fingerprint density at radius 3 is 2.14 bits per heavy atom. The van der Waals surface area contributed by atoms with E-state index in [1.807, 2.05) is 19.2 Å². The molecule has 4 nitrogen and oxygen atoms in total. The molecule has 1 aliphatic rings. The molecule has 14 heavy (non-hydrogen) atoms. The first kappa shape index (κ1) is 13.2. The van der Waals surface area contributed by atoms with Crippen molar-refractivity contribution in [2.45, 2.75) is 38.0 Å². The molecule has 0 spiro atoms. The minimum Gasteiger partial charge on any atom is -0.399 e. The summed E-state index contributed by atoms with van der Waals surface area (Å²) in [6, 6.07) is 0. The maximum atomic E-state index is 11.0. The molecular weight excluding hydrogens is 180 g/mol. The van der Waals surface area contributed by atoms with Crippen molar-refractivity contribution in [3.8, 4) is 0 Å². The number of aliphatic hydroxyl groups is 1. The minimum atomic E-state index is -1.97. The maximum Gasteiger partial charge on any atom is 0.228 e. The van der Waals surface area contributed by atoms with Gasteiger partial charge in [-0.1, -0.05) is 20.8 Å². The molecule has 6 heteroatoms. The van der Waals surface area contributed by atoms with E-state index in [2.05, 4.69) is 0 Å². The van der Waals surface area contributed by atoms with Crippen molar-refractivity contribution < 1.29 is 14.7 Å². The van der Waals surface area contributed by atoms with Crippen molar-refractivity contribution in [1.82, 2.24) is 5.32 Å². The molecule has 1 rings (SSSR count). The highest BCUT2D eigenvalue weighted by atomic mass is 16.3. The van der Waals surface area contributed by atoms with Gasteiger partial charge >= 0.3 is 0 Å². The van der Waals surface area contributed by atoms with Crippen LogP contribution in [-0.4, -0.2) is 38.1 Å². The quantitative estimate of drug-likeness (QED) is 0.393. The second-order valence-electron chi connectivity index (χ2n) is 3.18. The van der Waals surface area contributed by atoms with Crippen LogP contribution in [0.25, 0.3) is 0 Å². The molecule has 0 bridgehead atoms. The van der Waals surface area contributed by atoms with Gasteiger partial charge in [-0.05, 0) is 0 Å². The van der Waals surface area contributed by atoms with Gasteiger partial charge in [-0.3, -0.25) is 14.9 Å². The predicted molar refractivity (Wildman–Crippen MR) is 53.9 cm³/mol. The molecule has 0 aromatic carbocycles. The second-order valence-corrected chi connectivity index (χ2v) is 3.18. The molecule has 0 aromatic heterocycles. The molecule has 1 heterocycles. The number of piperidine rings is 1. The summed E-state index contributed by atoms with van der Waals surface area (Å²) in [5.74, 6) is -1.38. The average Bonchev–Trinajstić information content (AvgIpc) is 2.04. The van der Waals surface area contributed by atoms with E-state index in [1.54, 1.807) is 0 Å². The van der Waals surface area contributed by atoms with Crippen molar-refractivity contribution in [3.05, 3.63) is 0 Å². The molecule has 0 aliphatic carbocycles. The van der Waals surface area contributed by atoms with Crippen LogP contribution >= 0.6 is 0 Å². The summed E-state index contributed by atoms with van der Waals surface area (Å²) in [4.78, 5) is 21.8. The van der Waals surface area contributed by atoms with Crippen molar-refractivity contribution in [2.75, 3.05) is 0 Å². The van der Waals surface area contributed by atoms with Crippen LogP contribution < -0.4 is 5.32 Å². The van der Waals surface area contributed by atoms with Crippen LogP contribution in [0.15, 0.2) is 0 Å². The standard InChI is InChI=1S/C6H7B2NO3.C2H6/c1-5(7)4(11)9-3(10)2-6(5,8)12;1-2/h12H,2H2,1H3,(H,9,10,11);1-2H3. The van der Waals surface area contributed by atoms with Gasteiger partial charge in [-0.15, -0.1) is 0 Å².